The Balaban J connectivity index is 1.40. The number of amides is 4. The monoisotopic (exact) mass is 595 g/mol. The largest absolute Gasteiger partial charge is 0.492 e. The van der Waals surface area contributed by atoms with Gasteiger partial charge >= 0.3 is 6.03 Å². The summed E-state index contributed by atoms with van der Waals surface area (Å²) >= 11 is 3.42. The van der Waals surface area contributed by atoms with Crippen molar-refractivity contribution in [3.63, 3.8) is 0 Å². The number of methoxy groups -OCH3 is 1. The van der Waals surface area contributed by atoms with E-state index in [4.69, 9.17) is 18.9 Å². The van der Waals surface area contributed by atoms with Gasteiger partial charge in [-0.3, -0.25) is 24.3 Å². The van der Waals surface area contributed by atoms with Gasteiger partial charge in [-0.25, -0.2) is 4.79 Å². The summed E-state index contributed by atoms with van der Waals surface area (Å²) in [5, 5.41) is 0. The molecule has 2 aromatic rings. The molecule has 11 heteroatoms. The van der Waals surface area contributed by atoms with Crippen molar-refractivity contribution in [1.29, 1.82) is 0 Å². The van der Waals surface area contributed by atoms with Crippen molar-refractivity contribution in [2.24, 2.45) is 0 Å². The number of rotatable bonds is 4. The van der Waals surface area contributed by atoms with Gasteiger partial charge in [-0.15, -0.1) is 0 Å². The third kappa shape index (κ3) is 4.82. The molecule has 1 atom stereocenters. The summed E-state index contributed by atoms with van der Waals surface area (Å²) in [7, 11) is 6.27. The highest BCUT2D eigenvalue weighted by molar-refractivity contribution is 9.10. The van der Waals surface area contributed by atoms with Crippen LogP contribution in [0.4, 0.5) is 4.79 Å². The molecule has 202 valence electrons. The fraction of sp³-hybridized carbons (Fsp3) is 0.321. The summed E-state index contributed by atoms with van der Waals surface area (Å²) in [6.45, 7) is 1.03. The number of halogens is 1. The number of carbonyl (C=O) groups is 3. The Morgan fingerprint density at radius 2 is 1.85 bits per heavy atom. The maximum Gasteiger partial charge on any atom is 0.333 e. The topological polar surface area (TPSA) is 97.9 Å². The molecule has 3 heterocycles. The predicted molar refractivity (Wildman–Crippen MR) is 145 cm³/mol. The van der Waals surface area contributed by atoms with Gasteiger partial charge in [0.15, 0.2) is 11.5 Å². The van der Waals surface area contributed by atoms with Gasteiger partial charge in [0.05, 0.1) is 7.11 Å². The number of hydrogen-bond acceptors (Lipinski definition) is 8. The molecule has 10 nitrogen and oxygen atoms in total. The van der Waals surface area contributed by atoms with Crippen molar-refractivity contribution < 1.29 is 33.3 Å². The lowest BCUT2D eigenvalue weighted by Crippen LogP contribution is -2.52. The molecule has 1 unspecified atom stereocenters. The van der Waals surface area contributed by atoms with Crippen LogP contribution in [0.3, 0.4) is 0 Å². The average molecular weight is 596 g/mol. The molecule has 5 rings (SSSR count). The van der Waals surface area contributed by atoms with E-state index in [1.807, 2.05) is 13.1 Å². The second-order valence-electron chi connectivity index (χ2n) is 9.21. The van der Waals surface area contributed by atoms with Gasteiger partial charge in [-0.05, 0) is 49.4 Å². The fourth-order valence-corrected chi connectivity index (χ4v) is 5.14. The first-order chi connectivity index (χ1) is 18.7. The van der Waals surface area contributed by atoms with Gasteiger partial charge in [0.25, 0.3) is 11.8 Å². The zero-order valence-corrected chi connectivity index (χ0v) is 23.5. The van der Waals surface area contributed by atoms with Crippen LogP contribution in [0.2, 0.25) is 0 Å². The normalized spacial score (nSPS) is 18.5. The number of fused-ring (bicyclic) bond motifs is 2. The lowest BCUT2D eigenvalue weighted by molar-refractivity contribution is -0.134. The highest BCUT2D eigenvalue weighted by atomic mass is 79.9. The van der Waals surface area contributed by atoms with Crippen molar-refractivity contribution in [2.45, 2.75) is 12.5 Å². The molecule has 0 aromatic heterocycles. The number of nitrogens with zero attached hydrogens (tertiary/aromatic N) is 3. The molecule has 1 saturated heterocycles. The minimum Gasteiger partial charge on any atom is -0.492 e. The molecule has 2 aromatic carbocycles. The van der Waals surface area contributed by atoms with Crippen LogP contribution in [-0.2, 0) is 16.0 Å². The molecule has 0 radical (unpaired) electrons. The van der Waals surface area contributed by atoms with Crippen LogP contribution in [0, 0.1) is 11.8 Å². The fourth-order valence-electron chi connectivity index (χ4n) is 4.76. The second-order valence-corrected chi connectivity index (χ2v) is 10.1. The van der Waals surface area contributed by atoms with Crippen molar-refractivity contribution in [1.82, 2.24) is 14.7 Å². The van der Waals surface area contributed by atoms with Crippen LogP contribution in [0.15, 0.2) is 34.3 Å². The number of likely N-dealkylation sites (N-methyl/N-ethyl adjacent to an activating group) is 3. The molecule has 4 amide bonds. The van der Waals surface area contributed by atoms with Crippen molar-refractivity contribution in [2.75, 3.05) is 48.2 Å². The van der Waals surface area contributed by atoms with Gasteiger partial charge in [0.1, 0.15) is 24.0 Å². The molecule has 3 aliphatic rings. The maximum absolute atomic E-state index is 12.7. The van der Waals surface area contributed by atoms with Crippen LogP contribution in [0.25, 0.3) is 6.08 Å². The SMILES string of the molecule is COc1c2c(cc3c1C(C#CCOc1ccc(Br)cc1C=C1C(=O)N(C)C(=O)N(C)C1=O)N(C)CC3)OCO2. The molecular weight excluding hydrogens is 570 g/mol. The molecule has 0 N–H and O–H groups in total. The van der Waals surface area contributed by atoms with Crippen LogP contribution in [-0.4, -0.2) is 80.7 Å². The van der Waals surface area contributed by atoms with Gasteiger partial charge in [0.2, 0.25) is 12.5 Å². The Bertz CT molecular complexity index is 1450. The van der Waals surface area contributed by atoms with E-state index in [2.05, 4.69) is 32.7 Å². The third-order valence-corrected chi connectivity index (χ3v) is 7.34. The van der Waals surface area contributed by atoms with Crippen LogP contribution >= 0.6 is 15.9 Å². The Labute approximate surface area is 234 Å². The molecule has 39 heavy (non-hydrogen) atoms. The number of hydrogen-bond donors (Lipinski definition) is 0. The number of benzene rings is 2. The Morgan fingerprint density at radius 1 is 1.10 bits per heavy atom. The van der Waals surface area contributed by atoms with E-state index >= 15 is 0 Å². The summed E-state index contributed by atoms with van der Waals surface area (Å²) in [6, 6.07) is 6.31. The first-order valence-corrected chi connectivity index (χ1v) is 12.9. The van der Waals surface area contributed by atoms with Crippen LogP contribution < -0.4 is 18.9 Å². The molecular formula is C28H26BrN3O7. The first-order valence-electron chi connectivity index (χ1n) is 12.1. The highest BCUT2D eigenvalue weighted by Gasteiger charge is 2.38. The zero-order chi connectivity index (χ0) is 27.8. The lowest BCUT2D eigenvalue weighted by Gasteiger charge is -2.32. The van der Waals surface area contributed by atoms with Crippen LogP contribution in [0.5, 0.6) is 23.0 Å². The second kappa shape index (κ2) is 10.6. The van der Waals surface area contributed by atoms with E-state index in [0.717, 1.165) is 38.4 Å². The summed E-state index contributed by atoms with van der Waals surface area (Å²) in [6.07, 6.45) is 2.26. The van der Waals surface area contributed by atoms with E-state index in [9.17, 15) is 14.4 Å². The molecule has 0 bridgehead atoms. The molecule has 0 spiro atoms. The van der Waals surface area contributed by atoms with E-state index in [1.54, 1.807) is 25.3 Å². The first kappa shape index (κ1) is 26.6. The van der Waals surface area contributed by atoms with E-state index in [1.165, 1.54) is 20.2 Å². The van der Waals surface area contributed by atoms with Gasteiger partial charge < -0.3 is 18.9 Å². The zero-order valence-electron chi connectivity index (χ0n) is 21.9. The predicted octanol–water partition coefficient (Wildman–Crippen LogP) is 3.23. The lowest BCUT2D eigenvalue weighted by atomic mass is 9.91. The minimum atomic E-state index is -0.682. The van der Waals surface area contributed by atoms with Gasteiger partial charge in [0, 0.05) is 36.2 Å². The van der Waals surface area contributed by atoms with E-state index in [-0.39, 0.29) is 25.0 Å². The molecule has 1 fully saturated rings. The third-order valence-electron chi connectivity index (χ3n) is 6.85. The highest BCUT2D eigenvalue weighted by Crippen LogP contribution is 2.49. The Morgan fingerprint density at radius 3 is 2.56 bits per heavy atom. The molecule has 0 aliphatic carbocycles. The minimum absolute atomic E-state index is 0.0601. The number of imide groups is 2. The standard InChI is InChI=1S/C28H26BrN3O7/c1-30-10-9-16-14-22-24(39-15-38-22)25(36-4)23(16)20(30)6-5-11-37-21-8-7-18(29)12-17(21)13-19-26(33)31(2)28(35)32(3)27(19)34/h7-8,12-14,20H,9-11,15H2,1-4H3. The quantitative estimate of drug-likeness (QED) is 0.302. The Hall–Kier alpha value is -4.01. The summed E-state index contributed by atoms with van der Waals surface area (Å²) < 4.78 is 23.7. The van der Waals surface area contributed by atoms with Gasteiger partial charge in [-0.2, -0.15) is 0 Å². The van der Waals surface area contributed by atoms with Crippen molar-refractivity contribution in [3.8, 4) is 34.8 Å². The number of ether oxygens (including phenoxy) is 4. The van der Waals surface area contributed by atoms with E-state index in [0.29, 0.717) is 28.6 Å². The maximum atomic E-state index is 12.7. The number of barbiturate groups is 1. The average Bonchev–Trinajstić information content (AvgIpc) is 3.40. The Kier molecular flexibility index (Phi) is 7.25. The molecule has 0 saturated carbocycles. The van der Waals surface area contributed by atoms with Crippen molar-refractivity contribution >= 4 is 39.9 Å². The summed E-state index contributed by atoms with van der Waals surface area (Å²) in [5.74, 6) is 7.38. The number of carbonyl (C=O) groups excluding carboxylic acids is 3. The van der Waals surface area contributed by atoms with E-state index < -0.39 is 17.8 Å². The van der Waals surface area contributed by atoms with Gasteiger partial charge in [-0.1, -0.05) is 27.8 Å². The smallest absolute Gasteiger partial charge is 0.333 e. The molecule has 3 aliphatic heterocycles. The van der Waals surface area contributed by atoms with Crippen molar-refractivity contribution in [3.05, 3.63) is 51.0 Å². The summed E-state index contributed by atoms with van der Waals surface area (Å²) in [5.41, 5.74) is 2.41. The van der Waals surface area contributed by atoms with Crippen LogP contribution in [0.1, 0.15) is 22.7 Å². The summed E-state index contributed by atoms with van der Waals surface area (Å²) in [4.78, 5) is 41.3. The number of urea groups is 1.